The first-order valence-electron chi connectivity index (χ1n) is 7.14. The van der Waals surface area contributed by atoms with Crippen LogP contribution in [0, 0.1) is 0 Å². The van der Waals surface area contributed by atoms with E-state index in [1.807, 2.05) is 23.7 Å². The minimum absolute atomic E-state index is 0.383. The third-order valence-corrected chi connectivity index (χ3v) is 4.80. The minimum Gasteiger partial charge on any atom is -0.348 e. The van der Waals surface area contributed by atoms with Crippen molar-refractivity contribution in [2.45, 2.75) is 32.9 Å². The number of nitrogens with zero attached hydrogens (tertiary/aromatic N) is 3. The van der Waals surface area contributed by atoms with Crippen LogP contribution in [0.25, 0.3) is 0 Å². The number of nitrogens with one attached hydrogen (secondary N) is 1. The lowest BCUT2D eigenvalue weighted by molar-refractivity contribution is 0.618. The molecular formula is C15H20N4S. The van der Waals surface area contributed by atoms with Crippen molar-refractivity contribution in [3.8, 4) is 0 Å². The van der Waals surface area contributed by atoms with Crippen molar-refractivity contribution in [2.24, 2.45) is 0 Å². The third-order valence-electron chi connectivity index (χ3n) is 3.80. The second kappa shape index (κ2) is 5.89. The molecule has 106 valence electrons. The summed E-state index contributed by atoms with van der Waals surface area (Å²) in [6.45, 7) is 7.10. The lowest BCUT2D eigenvalue weighted by atomic mass is 10.0. The normalized spacial score (nSPS) is 18.1. The van der Waals surface area contributed by atoms with Crippen LogP contribution in [0.3, 0.4) is 0 Å². The van der Waals surface area contributed by atoms with Gasteiger partial charge in [0.25, 0.3) is 0 Å². The van der Waals surface area contributed by atoms with Gasteiger partial charge in [-0.2, -0.15) is 0 Å². The molecule has 0 fully saturated rings. The zero-order valence-corrected chi connectivity index (χ0v) is 12.8. The van der Waals surface area contributed by atoms with E-state index in [-0.39, 0.29) is 0 Å². The summed E-state index contributed by atoms with van der Waals surface area (Å²) in [5.41, 5.74) is 2.45. The monoisotopic (exact) mass is 288 g/mol. The maximum atomic E-state index is 4.75. The van der Waals surface area contributed by atoms with Gasteiger partial charge in [-0.1, -0.05) is 6.92 Å². The van der Waals surface area contributed by atoms with Gasteiger partial charge in [-0.3, -0.25) is 4.98 Å². The highest BCUT2D eigenvalue weighted by atomic mass is 32.1. The number of hydrogen-bond acceptors (Lipinski definition) is 5. The zero-order valence-electron chi connectivity index (χ0n) is 12.0. The first-order valence-corrected chi connectivity index (χ1v) is 8.02. The van der Waals surface area contributed by atoms with E-state index >= 15 is 0 Å². The molecule has 0 radical (unpaired) electrons. The van der Waals surface area contributed by atoms with Crippen molar-refractivity contribution in [1.29, 1.82) is 0 Å². The second-order valence-corrected chi connectivity index (χ2v) is 6.07. The smallest absolute Gasteiger partial charge is 0.147 e. The molecule has 1 unspecified atom stereocenters. The van der Waals surface area contributed by atoms with Gasteiger partial charge in [-0.25, -0.2) is 4.98 Å². The number of aromatic nitrogens is 2. The fraction of sp³-hybridized carbons (Fsp3) is 0.467. The lowest BCUT2D eigenvalue weighted by Crippen LogP contribution is -2.34. The molecule has 4 nitrogen and oxygen atoms in total. The lowest BCUT2D eigenvalue weighted by Gasteiger charge is -2.34. The SMILES string of the molecule is CCNCc1cncc(N2CCc3sccc3C2C)n1. The average molecular weight is 288 g/mol. The molecule has 0 aliphatic carbocycles. The molecule has 0 aromatic carbocycles. The van der Waals surface area contributed by atoms with Gasteiger partial charge in [0.15, 0.2) is 0 Å². The molecule has 3 rings (SSSR count). The van der Waals surface area contributed by atoms with Gasteiger partial charge in [-0.05, 0) is 36.9 Å². The van der Waals surface area contributed by atoms with Crippen molar-refractivity contribution in [1.82, 2.24) is 15.3 Å². The summed E-state index contributed by atoms with van der Waals surface area (Å²) < 4.78 is 0. The molecule has 2 aromatic rings. The number of anilines is 1. The third kappa shape index (κ3) is 2.55. The molecule has 0 saturated heterocycles. The molecule has 0 spiro atoms. The molecule has 1 aliphatic heterocycles. The predicted molar refractivity (Wildman–Crippen MR) is 83.2 cm³/mol. The number of rotatable bonds is 4. The van der Waals surface area contributed by atoms with Crippen molar-refractivity contribution < 1.29 is 0 Å². The fourth-order valence-corrected chi connectivity index (χ4v) is 3.66. The Kier molecular flexibility index (Phi) is 3.98. The Labute approximate surface area is 123 Å². The topological polar surface area (TPSA) is 41.1 Å². The van der Waals surface area contributed by atoms with Crippen LogP contribution in [0.5, 0.6) is 0 Å². The van der Waals surface area contributed by atoms with E-state index < -0.39 is 0 Å². The molecule has 3 heterocycles. The molecule has 0 saturated carbocycles. The van der Waals surface area contributed by atoms with E-state index in [2.05, 4.69) is 40.5 Å². The largest absolute Gasteiger partial charge is 0.348 e. The first kappa shape index (κ1) is 13.5. The van der Waals surface area contributed by atoms with Crippen LogP contribution in [0.1, 0.15) is 36.0 Å². The summed E-state index contributed by atoms with van der Waals surface area (Å²) in [5.74, 6) is 0.991. The van der Waals surface area contributed by atoms with Crippen molar-refractivity contribution in [2.75, 3.05) is 18.0 Å². The number of hydrogen-bond donors (Lipinski definition) is 1. The van der Waals surface area contributed by atoms with Gasteiger partial charge >= 0.3 is 0 Å². The Morgan fingerprint density at radius 2 is 2.35 bits per heavy atom. The second-order valence-electron chi connectivity index (χ2n) is 5.07. The Bertz CT molecular complexity index is 581. The molecule has 2 aromatic heterocycles. The van der Waals surface area contributed by atoms with Crippen LogP contribution < -0.4 is 10.2 Å². The summed E-state index contributed by atoms with van der Waals surface area (Å²) in [6.07, 6.45) is 4.83. The molecule has 20 heavy (non-hydrogen) atoms. The Balaban J connectivity index is 1.83. The first-order chi connectivity index (χ1) is 9.79. The van der Waals surface area contributed by atoms with E-state index in [1.54, 1.807) is 0 Å². The van der Waals surface area contributed by atoms with Crippen LogP contribution in [0.2, 0.25) is 0 Å². The standard InChI is InChI=1S/C15H20N4S/c1-3-16-8-12-9-17-10-15(18-12)19-6-4-14-13(11(19)2)5-7-20-14/h5,7,9-11,16H,3-4,6,8H2,1-2H3. The van der Waals surface area contributed by atoms with Crippen molar-refractivity contribution in [3.63, 3.8) is 0 Å². The Morgan fingerprint density at radius 1 is 1.45 bits per heavy atom. The van der Waals surface area contributed by atoms with Gasteiger partial charge in [0, 0.05) is 24.2 Å². The molecule has 0 amide bonds. The predicted octanol–water partition coefficient (Wildman–Crippen LogP) is 2.77. The van der Waals surface area contributed by atoms with E-state index in [9.17, 15) is 0 Å². The van der Waals surface area contributed by atoms with E-state index in [1.165, 1.54) is 10.4 Å². The summed E-state index contributed by atoms with van der Waals surface area (Å²) in [6, 6.07) is 2.63. The van der Waals surface area contributed by atoms with Gasteiger partial charge in [-0.15, -0.1) is 11.3 Å². The highest BCUT2D eigenvalue weighted by Gasteiger charge is 2.25. The Morgan fingerprint density at radius 3 is 3.20 bits per heavy atom. The average Bonchev–Trinajstić information content (AvgIpc) is 2.95. The van der Waals surface area contributed by atoms with Gasteiger partial charge in [0.05, 0.1) is 17.9 Å². The fourth-order valence-electron chi connectivity index (χ4n) is 2.69. The molecule has 1 atom stereocenters. The highest BCUT2D eigenvalue weighted by Crippen LogP contribution is 2.34. The van der Waals surface area contributed by atoms with Crippen LogP contribution in [0.4, 0.5) is 5.82 Å². The quantitative estimate of drug-likeness (QED) is 0.939. The zero-order chi connectivity index (χ0) is 13.9. The maximum absolute atomic E-state index is 4.75. The maximum Gasteiger partial charge on any atom is 0.147 e. The number of fused-ring (bicyclic) bond motifs is 1. The summed E-state index contributed by atoms with van der Waals surface area (Å²) >= 11 is 1.87. The molecule has 5 heteroatoms. The van der Waals surface area contributed by atoms with Crippen LogP contribution in [-0.4, -0.2) is 23.1 Å². The van der Waals surface area contributed by atoms with E-state index in [0.717, 1.165) is 37.6 Å². The molecule has 0 bridgehead atoms. The van der Waals surface area contributed by atoms with E-state index in [4.69, 9.17) is 4.98 Å². The summed E-state index contributed by atoms with van der Waals surface area (Å²) in [4.78, 5) is 13.0. The molecular weight excluding hydrogens is 268 g/mol. The van der Waals surface area contributed by atoms with Crippen LogP contribution >= 0.6 is 11.3 Å². The van der Waals surface area contributed by atoms with Crippen molar-refractivity contribution in [3.05, 3.63) is 40.0 Å². The van der Waals surface area contributed by atoms with E-state index in [0.29, 0.717) is 6.04 Å². The minimum atomic E-state index is 0.383. The van der Waals surface area contributed by atoms with Gasteiger partial charge in [0.2, 0.25) is 0 Å². The van der Waals surface area contributed by atoms with Gasteiger partial charge in [0.1, 0.15) is 5.82 Å². The van der Waals surface area contributed by atoms with Crippen molar-refractivity contribution >= 4 is 17.2 Å². The highest BCUT2D eigenvalue weighted by molar-refractivity contribution is 7.10. The van der Waals surface area contributed by atoms with Crippen LogP contribution in [0.15, 0.2) is 23.8 Å². The molecule has 1 aliphatic rings. The van der Waals surface area contributed by atoms with Crippen LogP contribution in [-0.2, 0) is 13.0 Å². The number of thiophene rings is 1. The van der Waals surface area contributed by atoms with Gasteiger partial charge < -0.3 is 10.2 Å². The Hall–Kier alpha value is -1.46. The summed E-state index contributed by atoms with van der Waals surface area (Å²) in [7, 11) is 0. The molecule has 1 N–H and O–H groups in total. The summed E-state index contributed by atoms with van der Waals surface area (Å²) in [5, 5.41) is 5.49.